The van der Waals surface area contributed by atoms with Crippen LogP contribution in [0.5, 0.6) is 11.5 Å². The molecule has 0 aromatic heterocycles. The highest BCUT2D eigenvalue weighted by atomic mass is 19.1. The van der Waals surface area contributed by atoms with E-state index in [4.69, 9.17) is 9.47 Å². The highest BCUT2D eigenvalue weighted by molar-refractivity contribution is 6.01. The van der Waals surface area contributed by atoms with E-state index >= 15 is 0 Å². The fraction of sp³-hybridized carbons (Fsp3) is 0.333. The Balaban J connectivity index is 1.36. The summed E-state index contributed by atoms with van der Waals surface area (Å²) in [4.78, 5) is 26.4. The van der Waals surface area contributed by atoms with Gasteiger partial charge in [0, 0.05) is 6.04 Å². The highest BCUT2D eigenvalue weighted by Gasteiger charge is 2.29. The van der Waals surface area contributed by atoms with Crippen molar-refractivity contribution in [1.82, 2.24) is 10.2 Å². The third kappa shape index (κ3) is 4.48. The van der Waals surface area contributed by atoms with E-state index in [2.05, 4.69) is 10.6 Å². The molecule has 0 spiro atoms. The second kappa shape index (κ2) is 8.48. The van der Waals surface area contributed by atoms with Gasteiger partial charge in [0.15, 0.2) is 11.5 Å². The van der Waals surface area contributed by atoms with Gasteiger partial charge in [-0.05, 0) is 49.2 Å². The molecule has 2 N–H and O–H groups in total. The molecule has 152 valence electrons. The molecule has 2 aromatic rings. The number of halogens is 1. The molecule has 4 rings (SSSR count). The SMILES string of the molecule is O=C(CN1CCCC1c1ccc2c(c1)OCCO2)NC(=O)Nc1ccccc1F. The lowest BCUT2D eigenvalue weighted by Gasteiger charge is -2.26. The number of benzene rings is 2. The van der Waals surface area contributed by atoms with Gasteiger partial charge >= 0.3 is 6.03 Å². The lowest BCUT2D eigenvalue weighted by molar-refractivity contribution is -0.121. The van der Waals surface area contributed by atoms with Gasteiger partial charge in [-0.1, -0.05) is 18.2 Å². The van der Waals surface area contributed by atoms with Crippen molar-refractivity contribution >= 4 is 17.6 Å². The van der Waals surface area contributed by atoms with Crippen LogP contribution in [0.3, 0.4) is 0 Å². The molecular weight excluding hydrogens is 377 g/mol. The molecule has 2 aliphatic heterocycles. The Hall–Kier alpha value is -3.13. The van der Waals surface area contributed by atoms with Gasteiger partial charge in [0.05, 0.1) is 12.2 Å². The number of imide groups is 1. The Morgan fingerprint density at radius 2 is 1.90 bits per heavy atom. The van der Waals surface area contributed by atoms with E-state index in [1.54, 1.807) is 6.07 Å². The zero-order valence-electron chi connectivity index (χ0n) is 15.8. The third-order valence-corrected chi connectivity index (χ3v) is 5.04. The number of rotatable bonds is 4. The predicted octanol–water partition coefficient (Wildman–Crippen LogP) is 3.08. The monoisotopic (exact) mass is 399 g/mol. The highest BCUT2D eigenvalue weighted by Crippen LogP contribution is 2.37. The van der Waals surface area contributed by atoms with Crippen LogP contribution in [0.25, 0.3) is 0 Å². The first-order valence-corrected chi connectivity index (χ1v) is 9.59. The topological polar surface area (TPSA) is 79.9 Å². The van der Waals surface area contributed by atoms with Gasteiger partial charge in [-0.3, -0.25) is 15.0 Å². The van der Waals surface area contributed by atoms with Crippen molar-refractivity contribution in [2.75, 3.05) is 31.6 Å². The van der Waals surface area contributed by atoms with E-state index in [9.17, 15) is 14.0 Å². The normalized spacial score (nSPS) is 18.3. The van der Waals surface area contributed by atoms with Gasteiger partial charge in [0.1, 0.15) is 19.0 Å². The molecule has 2 aromatic carbocycles. The second-order valence-corrected chi connectivity index (χ2v) is 7.01. The average Bonchev–Trinajstić information content (AvgIpc) is 3.17. The van der Waals surface area contributed by atoms with Crippen LogP contribution in [0.4, 0.5) is 14.9 Å². The summed E-state index contributed by atoms with van der Waals surface area (Å²) in [5.74, 6) is 0.443. The summed E-state index contributed by atoms with van der Waals surface area (Å²) in [5, 5.41) is 4.61. The lowest BCUT2D eigenvalue weighted by Crippen LogP contribution is -2.41. The maximum absolute atomic E-state index is 13.6. The molecule has 2 aliphatic rings. The van der Waals surface area contributed by atoms with Crippen LogP contribution < -0.4 is 20.1 Å². The number of nitrogens with zero attached hydrogens (tertiary/aromatic N) is 1. The van der Waals surface area contributed by atoms with Crippen LogP contribution in [0.15, 0.2) is 42.5 Å². The Morgan fingerprint density at radius 1 is 1.10 bits per heavy atom. The Labute approximate surface area is 167 Å². The number of urea groups is 1. The zero-order chi connectivity index (χ0) is 20.2. The second-order valence-electron chi connectivity index (χ2n) is 7.01. The number of hydrogen-bond acceptors (Lipinski definition) is 5. The summed E-state index contributed by atoms with van der Waals surface area (Å²) < 4.78 is 24.8. The number of carbonyl (C=O) groups excluding carboxylic acids is 2. The van der Waals surface area contributed by atoms with Gasteiger partial charge in [0.25, 0.3) is 0 Å². The fourth-order valence-corrected chi connectivity index (χ4v) is 3.73. The molecule has 2 heterocycles. The van der Waals surface area contributed by atoms with E-state index in [-0.39, 0.29) is 18.3 Å². The van der Waals surface area contributed by atoms with Crippen molar-refractivity contribution in [2.24, 2.45) is 0 Å². The summed E-state index contributed by atoms with van der Waals surface area (Å²) in [6.45, 7) is 1.88. The summed E-state index contributed by atoms with van der Waals surface area (Å²) in [6, 6.07) is 10.9. The number of para-hydroxylation sites is 1. The van der Waals surface area contributed by atoms with Crippen LogP contribution in [-0.2, 0) is 4.79 Å². The molecule has 0 aliphatic carbocycles. The molecule has 1 saturated heterocycles. The van der Waals surface area contributed by atoms with E-state index in [0.29, 0.717) is 19.0 Å². The van der Waals surface area contributed by atoms with Crippen molar-refractivity contribution in [3.8, 4) is 11.5 Å². The Kier molecular flexibility index (Phi) is 5.62. The molecule has 0 bridgehead atoms. The first-order chi connectivity index (χ1) is 14.1. The standard InChI is InChI=1S/C21H22FN3O4/c22-15-4-1-2-5-16(15)23-21(27)24-20(26)13-25-9-3-6-17(25)14-7-8-18-19(12-14)29-11-10-28-18/h1-2,4-5,7-8,12,17H,3,6,9-11,13H2,(H2,23,24,26,27). The largest absolute Gasteiger partial charge is 0.486 e. The maximum atomic E-state index is 13.6. The van der Waals surface area contributed by atoms with E-state index < -0.39 is 17.8 Å². The predicted molar refractivity (Wildman–Crippen MR) is 105 cm³/mol. The van der Waals surface area contributed by atoms with Crippen molar-refractivity contribution < 1.29 is 23.5 Å². The van der Waals surface area contributed by atoms with Gasteiger partial charge < -0.3 is 14.8 Å². The first-order valence-electron chi connectivity index (χ1n) is 9.59. The summed E-state index contributed by atoms with van der Waals surface area (Å²) in [6.07, 6.45) is 1.86. The minimum Gasteiger partial charge on any atom is -0.486 e. The molecule has 0 saturated carbocycles. The summed E-state index contributed by atoms with van der Waals surface area (Å²) >= 11 is 0. The van der Waals surface area contributed by atoms with Crippen LogP contribution in [0.2, 0.25) is 0 Å². The quantitative estimate of drug-likeness (QED) is 0.826. The molecule has 7 nitrogen and oxygen atoms in total. The molecule has 1 unspecified atom stereocenters. The lowest BCUT2D eigenvalue weighted by atomic mass is 10.0. The smallest absolute Gasteiger partial charge is 0.326 e. The number of likely N-dealkylation sites (tertiary alicyclic amines) is 1. The first kappa shape index (κ1) is 19.2. The van der Waals surface area contributed by atoms with Crippen LogP contribution in [0, 0.1) is 5.82 Å². The molecule has 1 fully saturated rings. The number of amides is 3. The summed E-state index contributed by atoms with van der Waals surface area (Å²) in [5.41, 5.74) is 1.07. The van der Waals surface area contributed by atoms with Gasteiger partial charge in [-0.25, -0.2) is 9.18 Å². The number of anilines is 1. The molecule has 29 heavy (non-hydrogen) atoms. The zero-order valence-corrected chi connectivity index (χ0v) is 15.8. The van der Waals surface area contributed by atoms with Crippen LogP contribution >= 0.6 is 0 Å². The molecule has 3 amide bonds. The van der Waals surface area contributed by atoms with E-state index in [1.165, 1.54) is 18.2 Å². The Bertz CT molecular complexity index is 921. The molecule has 1 atom stereocenters. The molecule has 0 radical (unpaired) electrons. The number of carbonyl (C=O) groups is 2. The van der Waals surface area contributed by atoms with Crippen molar-refractivity contribution in [3.63, 3.8) is 0 Å². The van der Waals surface area contributed by atoms with E-state index in [0.717, 1.165) is 30.7 Å². The average molecular weight is 399 g/mol. The number of fused-ring (bicyclic) bond motifs is 1. The van der Waals surface area contributed by atoms with Crippen molar-refractivity contribution in [3.05, 3.63) is 53.8 Å². The molecular formula is C21H22FN3O4. The van der Waals surface area contributed by atoms with E-state index in [1.807, 2.05) is 23.1 Å². The van der Waals surface area contributed by atoms with Gasteiger partial charge in [0.2, 0.25) is 5.91 Å². The molecule has 8 heteroatoms. The number of hydrogen-bond donors (Lipinski definition) is 2. The minimum atomic E-state index is -0.754. The number of nitrogens with one attached hydrogen (secondary N) is 2. The third-order valence-electron chi connectivity index (χ3n) is 5.04. The van der Waals surface area contributed by atoms with Gasteiger partial charge in [-0.15, -0.1) is 0 Å². The van der Waals surface area contributed by atoms with Crippen LogP contribution in [-0.4, -0.2) is 43.1 Å². The van der Waals surface area contributed by atoms with Crippen LogP contribution in [0.1, 0.15) is 24.4 Å². The minimum absolute atomic E-state index is 0.0214. The van der Waals surface area contributed by atoms with Crippen molar-refractivity contribution in [1.29, 1.82) is 0 Å². The van der Waals surface area contributed by atoms with Crippen molar-refractivity contribution in [2.45, 2.75) is 18.9 Å². The Morgan fingerprint density at radius 3 is 2.72 bits per heavy atom. The number of ether oxygens (including phenoxy) is 2. The maximum Gasteiger partial charge on any atom is 0.326 e. The van der Waals surface area contributed by atoms with Gasteiger partial charge in [-0.2, -0.15) is 0 Å². The summed E-state index contributed by atoms with van der Waals surface area (Å²) in [7, 11) is 0. The fourth-order valence-electron chi connectivity index (χ4n) is 3.73.